The smallest absolute Gasteiger partial charge is 0.0521 e. The summed E-state index contributed by atoms with van der Waals surface area (Å²) in [7, 11) is 0. The predicted octanol–water partition coefficient (Wildman–Crippen LogP) is 2.24. The Morgan fingerprint density at radius 2 is 2.25 bits per heavy atom. The fourth-order valence-electron chi connectivity index (χ4n) is 2.80. The van der Waals surface area contributed by atoms with Crippen LogP contribution in [0.2, 0.25) is 0 Å². The molecule has 1 N–H and O–H groups in total. The van der Waals surface area contributed by atoms with E-state index in [9.17, 15) is 5.11 Å². The molecule has 0 aromatic carbocycles. The average Bonchev–Trinajstić information content (AvgIpc) is 2.96. The molecule has 0 amide bonds. The van der Waals surface area contributed by atoms with Gasteiger partial charge in [-0.05, 0) is 30.7 Å². The first-order valence-corrected chi connectivity index (χ1v) is 6.45. The Balaban J connectivity index is 1.94. The summed E-state index contributed by atoms with van der Waals surface area (Å²) in [5, 5.41) is 13.8. The average molecular weight is 222 g/mol. The Morgan fingerprint density at radius 1 is 1.50 bits per heavy atom. The number of hydrogen-bond acceptors (Lipinski definition) is 2. The van der Waals surface area contributed by atoms with E-state index < -0.39 is 0 Å². The quantitative estimate of drug-likeness (QED) is 0.829. The van der Waals surface area contributed by atoms with E-state index in [0.29, 0.717) is 12.5 Å². The molecule has 0 saturated heterocycles. The summed E-state index contributed by atoms with van der Waals surface area (Å²) < 4.78 is 1.96. The molecule has 0 bridgehead atoms. The maximum absolute atomic E-state index is 9.48. The molecule has 3 heteroatoms. The maximum Gasteiger partial charge on any atom is 0.0521 e. The standard InChI is InChI=1S/C13H22N2O/c1-2-15-9-11(8-14-15)7-13(10-16)12-5-3-4-6-12/h8-9,12-13,16H,2-7,10H2,1H3. The fourth-order valence-corrected chi connectivity index (χ4v) is 2.80. The van der Waals surface area contributed by atoms with Gasteiger partial charge in [0.25, 0.3) is 0 Å². The summed E-state index contributed by atoms with van der Waals surface area (Å²) >= 11 is 0. The third-order valence-corrected chi connectivity index (χ3v) is 3.81. The van der Waals surface area contributed by atoms with Crippen molar-refractivity contribution in [2.45, 2.75) is 45.6 Å². The van der Waals surface area contributed by atoms with E-state index in [2.05, 4.69) is 18.2 Å². The van der Waals surface area contributed by atoms with Crippen molar-refractivity contribution >= 4 is 0 Å². The lowest BCUT2D eigenvalue weighted by Gasteiger charge is -2.20. The topological polar surface area (TPSA) is 38.0 Å². The van der Waals surface area contributed by atoms with E-state index in [1.807, 2.05) is 10.9 Å². The van der Waals surface area contributed by atoms with Crippen molar-refractivity contribution < 1.29 is 5.11 Å². The molecular formula is C13H22N2O. The number of aryl methyl sites for hydroxylation is 1. The van der Waals surface area contributed by atoms with Gasteiger partial charge in [0.1, 0.15) is 0 Å². The number of rotatable bonds is 5. The predicted molar refractivity (Wildman–Crippen MR) is 64.1 cm³/mol. The minimum absolute atomic E-state index is 0.321. The van der Waals surface area contributed by atoms with Gasteiger partial charge in [-0.1, -0.05) is 25.7 Å². The first-order valence-electron chi connectivity index (χ1n) is 6.45. The van der Waals surface area contributed by atoms with Gasteiger partial charge in [0.15, 0.2) is 0 Å². The molecule has 1 saturated carbocycles. The molecule has 0 aliphatic heterocycles. The molecule has 2 rings (SSSR count). The SMILES string of the molecule is CCn1cc(CC(CO)C2CCCC2)cn1. The number of aliphatic hydroxyl groups excluding tert-OH is 1. The first kappa shape index (κ1) is 11.6. The van der Waals surface area contributed by atoms with Crippen LogP contribution in [0.15, 0.2) is 12.4 Å². The van der Waals surface area contributed by atoms with Crippen LogP contribution in [-0.4, -0.2) is 21.5 Å². The molecule has 1 heterocycles. The van der Waals surface area contributed by atoms with E-state index >= 15 is 0 Å². The second kappa shape index (κ2) is 5.48. The maximum atomic E-state index is 9.48. The molecule has 1 aromatic heterocycles. The third kappa shape index (κ3) is 2.64. The fraction of sp³-hybridized carbons (Fsp3) is 0.769. The molecule has 1 unspecified atom stereocenters. The highest BCUT2D eigenvalue weighted by Crippen LogP contribution is 2.32. The zero-order valence-corrected chi connectivity index (χ0v) is 10.1. The summed E-state index contributed by atoms with van der Waals surface area (Å²) in [6, 6.07) is 0. The molecule has 1 aliphatic rings. The summed E-state index contributed by atoms with van der Waals surface area (Å²) in [5.41, 5.74) is 1.27. The molecule has 0 radical (unpaired) electrons. The largest absolute Gasteiger partial charge is 0.396 e. The second-order valence-corrected chi connectivity index (χ2v) is 4.90. The highest BCUT2D eigenvalue weighted by molar-refractivity contribution is 5.05. The van der Waals surface area contributed by atoms with Crippen LogP contribution >= 0.6 is 0 Å². The summed E-state index contributed by atoms with van der Waals surface area (Å²) in [5.74, 6) is 1.17. The van der Waals surface area contributed by atoms with E-state index in [0.717, 1.165) is 18.9 Å². The van der Waals surface area contributed by atoms with Crippen molar-refractivity contribution in [3.63, 3.8) is 0 Å². The van der Waals surface area contributed by atoms with E-state index in [1.165, 1.54) is 31.2 Å². The molecule has 0 spiro atoms. The van der Waals surface area contributed by atoms with Crippen LogP contribution < -0.4 is 0 Å². The molecule has 1 aromatic rings. The highest BCUT2D eigenvalue weighted by atomic mass is 16.3. The summed E-state index contributed by atoms with van der Waals surface area (Å²) in [6.45, 7) is 3.34. The monoisotopic (exact) mass is 222 g/mol. The Hall–Kier alpha value is -0.830. The van der Waals surface area contributed by atoms with Gasteiger partial charge in [-0.25, -0.2) is 0 Å². The summed E-state index contributed by atoms with van der Waals surface area (Å²) in [6.07, 6.45) is 10.3. The van der Waals surface area contributed by atoms with Crippen LogP contribution in [0.3, 0.4) is 0 Å². The molecule has 1 fully saturated rings. The van der Waals surface area contributed by atoms with Crippen LogP contribution in [-0.2, 0) is 13.0 Å². The Morgan fingerprint density at radius 3 is 2.81 bits per heavy atom. The molecular weight excluding hydrogens is 200 g/mol. The second-order valence-electron chi connectivity index (χ2n) is 4.90. The Kier molecular flexibility index (Phi) is 3.99. The van der Waals surface area contributed by atoms with Crippen molar-refractivity contribution in [2.24, 2.45) is 11.8 Å². The number of hydrogen-bond donors (Lipinski definition) is 1. The van der Waals surface area contributed by atoms with Crippen LogP contribution in [0.25, 0.3) is 0 Å². The van der Waals surface area contributed by atoms with Gasteiger partial charge in [-0.3, -0.25) is 4.68 Å². The lowest BCUT2D eigenvalue weighted by molar-refractivity contribution is 0.175. The van der Waals surface area contributed by atoms with Crippen molar-refractivity contribution in [3.8, 4) is 0 Å². The normalized spacial score (nSPS) is 19.1. The van der Waals surface area contributed by atoms with Gasteiger partial charge in [-0.2, -0.15) is 5.10 Å². The third-order valence-electron chi connectivity index (χ3n) is 3.81. The zero-order chi connectivity index (χ0) is 11.4. The molecule has 1 atom stereocenters. The van der Waals surface area contributed by atoms with Gasteiger partial charge in [0.2, 0.25) is 0 Å². The van der Waals surface area contributed by atoms with Crippen LogP contribution in [0, 0.1) is 11.8 Å². The Labute approximate surface area is 97.5 Å². The van der Waals surface area contributed by atoms with Gasteiger partial charge in [0, 0.05) is 19.3 Å². The van der Waals surface area contributed by atoms with Gasteiger partial charge < -0.3 is 5.11 Å². The van der Waals surface area contributed by atoms with Crippen LogP contribution in [0.5, 0.6) is 0 Å². The van der Waals surface area contributed by atoms with Gasteiger partial charge in [-0.15, -0.1) is 0 Å². The number of aromatic nitrogens is 2. The van der Waals surface area contributed by atoms with Crippen molar-refractivity contribution in [2.75, 3.05) is 6.61 Å². The zero-order valence-electron chi connectivity index (χ0n) is 10.1. The highest BCUT2D eigenvalue weighted by Gasteiger charge is 2.24. The molecule has 16 heavy (non-hydrogen) atoms. The van der Waals surface area contributed by atoms with Crippen molar-refractivity contribution in [3.05, 3.63) is 18.0 Å². The van der Waals surface area contributed by atoms with E-state index in [-0.39, 0.29) is 0 Å². The molecule has 3 nitrogen and oxygen atoms in total. The Bertz CT molecular complexity index is 315. The van der Waals surface area contributed by atoms with Crippen molar-refractivity contribution in [1.82, 2.24) is 9.78 Å². The first-order chi connectivity index (χ1) is 7.83. The van der Waals surface area contributed by atoms with Crippen molar-refractivity contribution in [1.29, 1.82) is 0 Å². The number of nitrogens with zero attached hydrogens (tertiary/aromatic N) is 2. The lowest BCUT2D eigenvalue weighted by atomic mass is 9.87. The summed E-state index contributed by atoms with van der Waals surface area (Å²) in [4.78, 5) is 0. The molecule has 90 valence electrons. The van der Waals surface area contributed by atoms with Crippen LogP contribution in [0.1, 0.15) is 38.2 Å². The minimum atomic E-state index is 0.321. The van der Waals surface area contributed by atoms with Gasteiger partial charge >= 0.3 is 0 Å². The minimum Gasteiger partial charge on any atom is -0.396 e. The van der Waals surface area contributed by atoms with E-state index in [1.54, 1.807) is 0 Å². The van der Waals surface area contributed by atoms with Gasteiger partial charge in [0.05, 0.1) is 6.20 Å². The number of aliphatic hydroxyl groups is 1. The molecule has 1 aliphatic carbocycles. The van der Waals surface area contributed by atoms with Crippen LogP contribution in [0.4, 0.5) is 0 Å². The lowest BCUT2D eigenvalue weighted by Crippen LogP contribution is -2.18. The van der Waals surface area contributed by atoms with E-state index in [4.69, 9.17) is 0 Å².